The topological polar surface area (TPSA) is 76.5 Å². The second-order valence-electron chi connectivity index (χ2n) is 6.78. The van der Waals surface area contributed by atoms with Gasteiger partial charge in [-0.25, -0.2) is 4.98 Å². The Bertz CT molecular complexity index is 1120. The van der Waals surface area contributed by atoms with E-state index in [4.69, 9.17) is 0 Å². The minimum absolute atomic E-state index is 0.388. The summed E-state index contributed by atoms with van der Waals surface area (Å²) in [6, 6.07) is 11.8. The highest BCUT2D eigenvalue weighted by Gasteiger charge is 2.05. The predicted molar refractivity (Wildman–Crippen MR) is 112 cm³/mol. The van der Waals surface area contributed by atoms with Gasteiger partial charge in [-0.2, -0.15) is 5.10 Å². The molecule has 6 heteroatoms. The Morgan fingerprint density at radius 2 is 1.79 bits per heavy atom. The van der Waals surface area contributed by atoms with Gasteiger partial charge < -0.3 is 5.32 Å². The fourth-order valence-corrected chi connectivity index (χ4v) is 2.74. The van der Waals surface area contributed by atoms with Crippen LogP contribution in [0, 0.1) is 0 Å². The largest absolute Gasteiger partial charge is 0.323 e. The number of pyridine rings is 3. The van der Waals surface area contributed by atoms with Crippen molar-refractivity contribution in [3.8, 4) is 0 Å². The number of fused-ring (bicyclic) bond motifs is 1. The van der Waals surface area contributed by atoms with Gasteiger partial charge in [0.05, 0.1) is 17.2 Å². The third kappa shape index (κ3) is 4.17. The molecule has 6 nitrogen and oxygen atoms in total. The number of hydrogen-bond donors (Lipinski definition) is 1. The van der Waals surface area contributed by atoms with Crippen LogP contribution in [-0.2, 0) is 0 Å². The van der Waals surface area contributed by atoms with Crippen LogP contribution in [0.3, 0.4) is 0 Å². The molecule has 1 N–H and O–H groups in total. The summed E-state index contributed by atoms with van der Waals surface area (Å²) in [6.07, 6.45) is 11.2. The summed E-state index contributed by atoms with van der Waals surface area (Å²) in [5.41, 5.74) is 4.79. The standard InChI is InChI=1S/C22H20N6/c1-15(2)18-11-22(28-25-14-18)27-21-8-7-19-20(26-21)10-17(13-24-19)6-5-16-4-3-9-23-12-16/h3-15H,1-2H3,(H,26,27,28). The molecule has 28 heavy (non-hydrogen) atoms. The van der Waals surface area contributed by atoms with Crippen LogP contribution in [0.5, 0.6) is 0 Å². The van der Waals surface area contributed by atoms with Crippen molar-refractivity contribution in [2.24, 2.45) is 0 Å². The van der Waals surface area contributed by atoms with Gasteiger partial charge in [0.25, 0.3) is 0 Å². The van der Waals surface area contributed by atoms with E-state index in [1.54, 1.807) is 12.4 Å². The highest BCUT2D eigenvalue weighted by molar-refractivity contribution is 5.80. The first kappa shape index (κ1) is 17.7. The van der Waals surface area contributed by atoms with Gasteiger partial charge in [-0.3, -0.25) is 9.97 Å². The van der Waals surface area contributed by atoms with Crippen molar-refractivity contribution < 1.29 is 0 Å². The summed E-state index contributed by atoms with van der Waals surface area (Å²) in [4.78, 5) is 13.3. The molecule has 4 rings (SSSR count). The molecule has 138 valence electrons. The molecule has 0 spiro atoms. The number of anilines is 2. The van der Waals surface area contributed by atoms with Crippen molar-refractivity contribution >= 4 is 34.8 Å². The highest BCUT2D eigenvalue weighted by atomic mass is 15.2. The number of nitrogens with zero attached hydrogens (tertiary/aromatic N) is 5. The molecule has 0 aliphatic carbocycles. The zero-order chi connectivity index (χ0) is 19.3. The minimum Gasteiger partial charge on any atom is -0.323 e. The normalized spacial score (nSPS) is 11.4. The summed E-state index contributed by atoms with van der Waals surface area (Å²) < 4.78 is 0. The second-order valence-corrected chi connectivity index (χ2v) is 6.78. The number of nitrogens with one attached hydrogen (secondary N) is 1. The molecule has 0 aliphatic heterocycles. The monoisotopic (exact) mass is 368 g/mol. The molecule has 0 amide bonds. The smallest absolute Gasteiger partial charge is 0.154 e. The van der Waals surface area contributed by atoms with Gasteiger partial charge in [0.1, 0.15) is 5.82 Å². The van der Waals surface area contributed by atoms with Crippen molar-refractivity contribution in [3.05, 3.63) is 77.9 Å². The fourth-order valence-electron chi connectivity index (χ4n) is 2.74. The van der Waals surface area contributed by atoms with Crippen LogP contribution in [-0.4, -0.2) is 25.1 Å². The van der Waals surface area contributed by atoms with Crippen molar-refractivity contribution in [2.45, 2.75) is 19.8 Å². The molecule has 4 heterocycles. The van der Waals surface area contributed by atoms with E-state index in [-0.39, 0.29) is 0 Å². The van der Waals surface area contributed by atoms with Crippen molar-refractivity contribution in [1.29, 1.82) is 0 Å². The SMILES string of the molecule is CC(C)c1cnnc(Nc2ccc3ncc(C=Cc4cccnc4)cc3n2)c1. The molecule has 0 aliphatic rings. The van der Waals surface area contributed by atoms with E-state index >= 15 is 0 Å². The van der Waals surface area contributed by atoms with Gasteiger partial charge in [-0.05, 0) is 52.9 Å². The highest BCUT2D eigenvalue weighted by Crippen LogP contribution is 2.20. The van der Waals surface area contributed by atoms with Crippen LogP contribution < -0.4 is 5.32 Å². The molecule has 0 saturated carbocycles. The van der Waals surface area contributed by atoms with Crippen LogP contribution in [0.4, 0.5) is 11.6 Å². The van der Waals surface area contributed by atoms with Crippen LogP contribution in [0.25, 0.3) is 23.2 Å². The summed E-state index contributed by atoms with van der Waals surface area (Å²) in [6.45, 7) is 4.25. The fraction of sp³-hybridized carbons (Fsp3) is 0.136. The Morgan fingerprint density at radius 1 is 0.893 bits per heavy atom. The Hall–Kier alpha value is -3.67. The quantitative estimate of drug-likeness (QED) is 0.542. The Morgan fingerprint density at radius 3 is 2.61 bits per heavy atom. The summed E-state index contributed by atoms with van der Waals surface area (Å²) >= 11 is 0. The van der Waals surface area contributed by atoms with E-state index in [0.717, 1.165) is 27.7 Å². The molecule has 0 fully saturated rings. The van der Waals surface area contributed by atoms with E-state index in [2.05, 4.69) is 44.3 Å². The molecule has 0 unspecified atom stereocenters. The summed E-state index contributed by atoms with van der Waals surface area (Å²) in [5.74, 6) is 1.77. The number of aromatic nitrogens is 5. The maximum atomic E-state index is 4.67. The molecule has 0 atom stereocenters. The first-order valence-corrected chi connectivity index (χ1v) is 9.12. The lowest BCUT2D eigenvalue weighted by atomic mass is 10.1. The van der Waals surface area contributed by atoms with Crippen molar-refractivity contribution in [2.75, 3.05) is 5.32 Å². The molecular weight excluding hydrogens is 348 g/mol. The number of hydrogen-bond acceptors (Lipinski definition) is 6. The Balaban J connectivity index is 1.59. The van der Waals surface area contributed by atoms with Crippen LogP contribution in [0.2, 0.25) is 0 Å². The van der Waals surface area contributed by atoms with E-state index in [1.165, 1.54) is 0 Å². The lowest BCUT2D eigenvalue weighted by molar-refractivity contribution is 0.843. The average molecular weight is 368 g/mol. The third-order valence-electron chi connectivity index (χ3n) is 4.31. The first-order valence-electron chi connectivity index (χ1n) is 9.12. The van der Waals surface area contributed by atoms with E-state index in [0.29, 0.717) is 17.6 Å². The zero-order valence-corrected chi connectivity index (χ0v) is 15.7. The van der Waals surface area contributed by atoms with Gasteiger partial charge >= 0.3 is 0 Å². The van der Waals surface area contributed by atoms with Crippen LogP contribution in [0.1, 0.15) is 36.5 Å². The van der Waals surface area contributed by atoms with Crippen LogP contribution >= 0.6 is 0 Å². The first-order chi connectivity index (χ1) is 13.7. The Labute approximate surface area is 163 Å². The maximum Gasteiger partial charge on any atom is 0.154 e. The third-order valence-corrected chi connectivity index (χ3v) is 4.31. The van der Waals surface area contributed by atoms with Gasteiger partial charge in [0, 0.05) is 18.6 Å². The molecule has 4 aromatic rings. The number of rotatable bonds is 5. The van der Waals surface area contributed by atoms with Crippen molar-refractivity contribution in [3.63, 3.8) is 0 Å². The predicted octanol–water partition coefficient (Wildman–Crippen LogP) is 4.85. The molecule has 0 aromatic carbocycles. The van der Waals surface area contributed by atoms with Crippen molar-refractivity contribution in [1.82, 2.24) is 25.1 Å². The van der Waals surface area contributed by atoms with E-state index in [9.17, 15) is 0 Å². The summed E-state index contributed by atoms with van der Waals surface area (Å²) in [7, 11) is 0. The molecule has 0 radical (unpaired) electrons. The molecule has 0 bridgehead atoms. The van der Waals surface area contributed by atoms with Crippen LogP contribution in [0.15, 0.2) is 61.2 Å². The second kappa shape index (κ2) is 7.92. The molecule has 0 saturated heterocycles. The zero-order valence-electron chi connectivity index (χ0n) is 15.7. The minimum atomic E-state index is 0.388. The van der Waals surface area contributed by atoms with Gasteiger partial charge in [0.15, 0.2) is 5.82 Å². The van der Waals surface area contributed by atoms with Gasteiger partial charge in [-0.15, -0.1) is 5.10 Å². The lowest BCUT2D eigenvalue weighted by Crippen LogP contribution is -2.00. The average Bonchev–Trinajstić information content (AvgIpc) is 2.73. The maximum absolute atomic E-state index is 4.67. The van der Waals surface area contributed by atoms with Gasteiger partial charge in [0.2, 0.25) is 0 Å². The molecule has 4 aromatic heterocycles. The molecular formula is C22H20N6. The van der Waals surface area contributed by atoms with E-state index in [1.807, 2.05) is 60.9 Å². The summed E-state index contributed by atoms with van der Waals surface area (Å²) in [5, 5.41) is 11.4. The Kier molecular flexibility index (Phi) is 5.01. The van der Waals surface area contributed by atoms with Gasteiger partial charge in [-0.1, -0.05) is 32.1 Å². The lowest BCUT2D eigenvalue weighted by Gasteiger charge is -2.08. The van der Waals surface area contributed by atoms with E-state index < -0.39 is 0 Å².